The highest BCUT2D eigenvalue weighted by Crippen LogP contribution is 2.33. The maximum Gasteiger partial charge on any atom is 0.220 e. The fourth-order valence-corrected chi connectivity index (χ4v) is 4.21. The molecular formula is C28H24N3+. The van der Waals surface area contributed by atoms with Crippen LogP contribution >= 0.6 is 0 Å². The van der Waals surface area contributed by atoms with Crippen molar-refractivity contribution in [2.24, 2.45) is 7.05 Å². The summed E-state index contributed by atoms with van der Waals surface area (Å²) in [4.78, 5) is 8.57. The zero-order valence-electron chi connectivity index (χ0n) is 18.0. The first-order valence-electron chi connectivity index (χ1n) is 10.5. The summed E-state index contributed by atoms with van der Waals surface area (Å²) in [6, 6.07) is 23.8. The summed E-state index contributed by atoms with van der Waals surface area (Å²) in [5, 5.41) is 2.48. The third-order valence-electron chi connectivity index (χ3n) is 6.02. The van der Waals surface area contributed by atoms with Crippen LogP contribution in [0.3, 0.4) is 0 Å². The highest BCUT2D eigenvalue weighted by Gasteiger charge is 2.20. The SMILES string of the molecule is Cc1ccc(-c2cccnc2)cc1-c1c2ccc(-c3cccnc3)cc2cc(C)[n+]1C. The van der Waals surface area contributed by atoms with E-state index in [2.05, 4.69) is 90.0 Å². The van der Waals surface area contributed by atoms with Crippen LogP contribution in [0.5, 0.6) is 0 Å². The fourth-order valence-electron chi connectivity index (χ4n) is 4.21. The summed E-state index contributed by atoms with van der Waals surface area (Å²) in [7, 11) is 2.15. The van der Waals surface area contributed by atoms with Crippen LogP contribution in [-0.2, 0) is 7.05 Å². The van der Waals surface area contributed by atoms with Gasteiger partial charge in [0.15, 0.2) is 5.69 Å². The van der Waals surface area contributed by atoms with Crippen molar-refractivity contribution in [3.8, 4) is 33.5 Å². The second-order valence-corrected chi connectivity index (χ2v) is 8.01. The van der Waals surface area contributed by atoms with E-state index >= 15 is 0 Å². The number of aromatic nitrogens is 3. The van der Waals surface area contributed by atoms with Crippen LogP contribution in [-0.4, -0.2) is 9.97 Å². The average Bonchev–Trinajstić information content (AvgIpc) is 2.81. The summed E-state index contributed by atoms with van der Waals surface area (Å²) in [6.45, 7) is 4.35. The molecule has 0 aliphatic rings. The van der Waals surface area contributed by atoms with Crippen molar-refractivity contribution in [3.63, 3.8) is 0 Å². The molecule has 3 aromatic heterocycles. The molecule has 3 heteroatoms. The van der Waals surface area contributed by atoms with E-state index in [0.717, 1.165) is 11.1 Å². The molecule has 0 saturated heterocycles. The molecule has 150 valence electrons. The molecule has 0 fully saturated rings. The molecule has 31 heavy (non-hydrogen) atoms. The Kier molecular flexibility index (Phi) is 4.79. The molecule has 0 atom stereocenters. The second-order valence-electron chi connectivity index (χ2n) is 8.01. The second kappa shape index (κ2) is 7.77. The van der Waals surface area contributed by atoms with Gasteiger partial charge in [0.2, 0.25) is 5.69 Å². The summed E-state index contributed by atoms with van der Waals surface area (Å²) < 4.78 is 2.29. The predicted molar refractivity (Wildman–Crippen MR) is 126 cm³/mol. The number of fused-ring (bicyclic) bond motifs is 1. The van der Waals surface area contributed by atoms with Gasteiger partial charge < -0.3 is 0 Å². The molecule has 5 rings (SSSR count). The van der Waals surface area contributed by atoms with E-state index in [4.69, 9.17) is 0 Å². The molecule has 0 aliphatic carbocycles. The minimum Gasteiger partial charge on any atom is -0.264 e. The molecule has 3 heterocycles. The number of benzene rings is 2. The zero-order chi connectivity index (χ0) is 21.4. The van der Waals surface area contributed by atoms with Crippen LogP contribution in [0.25, 0.3) is 44.3 Å². The van der Waals surface area contributed by atoms with Gasteiger partial charge >= 0.3 is 0 Å². The quantitative estimate of drug-likeness (QED) is 0.343. The lowest BCUT2D eigenvalue weighted by Crippen LogP contribution is -2.35. The van der Waals surface area contributed by atoms with Gasteiger partial charge in [0.1, 0.15) is 7.05 Å². The Morgan fingerprint density at radius 3 is 1.97 bits per heavy atom. The minimum atomic E-state index is 1.13. The average molecular weight is 403 g/mol. The maximum atomic E-state index is 4.30. The number of hydrogen-bond donors (Lipinski definition) is 0. The summed E-state index contributed by atoms with van der Waals surface area (Å²) in [5.74, 6) is 0. The molecule has 3 nitrogen and oxygen atoms in total. The molecule has 0 N–H and O–H groups in total. The lowest BCUT2D eigenvalue weighted by molar-refractivity contribution is -0.665. The molecule has 0 bridgehead atoms. The molecular weight excluding hydrogens is 378 g/mol. The normalized spacial score (nSPS) is 11.1. The van der Waals surface area contributed by atoms with E-state index in [1.165, 1.54) is 44.4 Å². The van der Waals surface area contributed by atoms with Gasteiger partial charge in [0, 0.05) is 48.9 Å². The van der Waals surface area contributed by atoms with Crippen LogP contribution < -0.4 is 4.57 Å². The topological polar surface area (TPSA) is 29.7 Å². The number of pyridine rings is 3. The lowest BCUT2D eigenvalue weighted by atomic mass is 9.94. The van der Waals surface area contributed by atoms with Crippen molar-refractivity contribution in [3.05, 3.63) is 103 Å². The molecule has 2 aromatic carbocycles. The van der Waals surface area contributed by atoms with Gasteiger partial charge in [-0.2, -0.15) is 4.57 Å². The molecule has 0 amide bonds. The largest absolute Gasteiger partial charge is 0.264 e. The van der Waals surface area contributed by atoms with E-state index in [1.54, 1.807) is 0 Å². The van der Waals surface area contributed by atoms with Gasteiger partial charge in [-0.1, -0.05) is 30.3 Å². The van der Waals surface area contributed by atoms with Crippen LogP contribution in [0.15, 0.2) is 91.5 Å². The Labute approximate surface area is 182 Å². The number of nitrogens with zero attached hydrogens (tertiary/aromatic N) is 3. The maximum absolute atomic E-state index is 4.30. The molecule has 0 unspecified atom stereocenters. The van der Waals surface area contributed by atoms with Gasteiger partial charge in [-0.3, -0.25) is 9.97 Å². The first kappa shape index (κ1) is 19.1. The lowest BCUT2D eigenvalue weighted by Gasteiger charge is -2.13. The third kappa shape index (κ3) is 3.49. The number of hydrogen-bond acceptors (Lipinski definition) is 2. The Bertz CT molecular complexity index is 1390. The molecule has 0 spiro atoms. The molecule has 5 aromatic rings. The first-order valence-corrected chi connectivity index (χ1v) is 10.5. The van der Waals surface area contributed by atoms with Crippen LogP contribution in [0.4, 0.5) is 0 Å². The molecule has 0 aliphatic heterocycles. The summed E-state index contributed by atoms with van der Waals surface area (Å²) in [5.41, 5.74) is 9.57. The minimum absolute atomic E-state index is 1.13. The first-order chi connectivity index (χ1) is 15.1. The van der Waals surface area contributed by atoms with Crippen LogP contribution in [0.2, 0.25) is 0 Å². The van der Waals surface area contributed by atoms with Gasteiger partial charge in [-0.15, -0.1) is 0 Å². The van der Waals surface area contributed by atoms with Crippen molar-refractivity contribution < 1.29 is 4.57 Å². The van der Waals surface area contributed by atoms with E-state index < -0.39 is 0 Å². The highest BCUT2D eigenvalue weighted by molar-refractivity contribution is 5.96. The highest BCUT2D eigenvalue weighted by atomic mass is 14.9. The van der Waals surface area contributed by atoms with Gasteiger partial charge in [0.25, 0.3) is 0 Å². The van der Waals surface area contributed by atoms with Gasteiger partial charge in [-0.05, 0) is 59.3 Å². The van der Waals surface area contributed by atoms with E-state index in [0.29, 0.717) is 0 Å². The van der Waals surface area contributed by atoms with Gasteiger partial charge in [-0.25, -0.2) is 0 Å². The van der Waals surface area contributed by atoms with Crippen LogP contribution in [0, 0.1) is 13.8 Å². The Morgan fingerprint density at radius 1 is 0.677 bits per heavy atom. The Balaban J connectivity index is 1.74. The van der Waals surface area contributed by atoms with Crippen molar-refractivity contribution in [2.45, 2.75) is 13.8 Å². The van der Waals surface area contributed by atoms with E-state index in [9.17, 15) is 0 Å². The summed E-state index contributed by atoms with van der Waals surface area (Å²) in [6.07, 6.45) is 7.46. The third-order valence-corrected chi connectivity index (χ3v) is 6.02. The number of rotatable bonds is 3. The Hall–Kier alpha value is -3.85. The van der Waals surface area contributed by atoms with Crippen molar-refractivity contribution in [1.82, 2.24) is 9.97 Å². The zero-order valence-corrected chi connectivity index (χ0v) is 18.0. The predicted octanol–water partition coefficient (Wildman–Crippen LogP) is 6.07. The number of aryl methyl sites for hydroxylation is 2. The monoisotopic (exact) mass is 402 g/mol. The van der Waals surface area contributed by atoms with E-state index in [1.807, 2.05) is 36.9 Å². The van der Waals surface area contributed by atoms with Gasteiger partial charge in [0.05, 0.1) is 10.9 Å². The summed E-state index contributed by atoms with van der Waals surface area (Å²) >= 11 is 0. The van der Waals surface area contributed by atoms with Crippen molar-refractivity contribution in [1.29, 1.82) is 0 Å². The molecule has 0 saturated carbocycles. The smallest absolute Gasteiger partial charge is 0.220 e. The fraction of sp³-hybridized carbons (Fsp3) is 0.107. The van der Waals surface area contributed by atoms with E-state index in [-0.39, 0.29) is 0 Å². The van der Waals surface area contributed by atoms with Crippen molar-refractivity contribution in [2.75, 3.05) is 0 Å². The molecule has 0 radical (unpaired) electrons. The Morgan fingerprint density at radius 2 is 1.32 bits per heavy atom. The standard InChI is InChI=1S/C28H24N3/c1-19-8-9-22(24-7-5-13-30-18-24)16-27(19)28-26-11-10-21(23-6-4-12-29-17-23)15-25(26)14-20(2)31(28)3/h4-18H,1-3H3/q+1. The van der Waals surface area contributed by atoms with Crippen molar-refractivity contribution >= 4 is 10.8 Å². The van der Waals surface area contributed by atoms with Crippen LogP contribution in [0.1, 0.15) is 11.3 Å².